The van der Waals surface area contributed by atoms with Gasteiger partial charge >= 0.3 is 0 Å². The third-order valence-electron chi connectivity index (χ3n) is 3.40. The van der Waals surface area contributed by atoms with Crippen molar-refractivity contribution in [3.05, 3.63) is 41.2 Å². The zero-order valence-corrected chi connectivity index (χ0v) is 12.7. The van der Waals surface area contributed by atoms with Crippen LogP contribution in [0.4, 0.5) is 5.95 Å². The van der Waals surface area contributed by atoms with E-state index in [1.54, 1.807) is 7.11 Å². The maximum Gasteiger partial charge on any atom is 0.207 e. The van der Waals surface area contributed by atoms with Gasteiger partial charge in [0.15, 0.2) is 0 Å². The minimum Gasteiger partial charge on any atom is -0.385 e. The van der Waals surface area contributed by atoms with Crippen LogP contribution in [0, 0.1) is 20.8 Å². The molecule has 4 heteroatoms. The highest BCUT2D eigenvalue weighted by molar-refractivity contribution is 5.46. The van der Waals surface area contributed by atoms with Crippen molar-refractivity contribution in [1.29, 1.82) is 0 Å². The molecule has 20 heavy (non-hydrogen) atoms. The SMILES string of the molecule is COCCCNc1nc(C)cn1-c1ccc(C)c(C)c1. The van der Waals surface area contributed by atoms with E-state index in [-0.39, 0.29) is 0 Å². The molecule has 0 bridgehead atoms. The third-order valence-corrected chi connectivity index (χ3v) is 3.40. The first-order valence-corrected chi connectivity index (χ1v) is 6.98. The molecule has 0 aliphatic carbocycles. The lowest BCUT2D eigenvalue weighted by Gasteiger charge is -2.11. The molecule has 4 nitrogen and oxygen atoms in total. The zero-order valence-electron chi connectivity index (χ0n) is 12.7. The van der Waals surface area contributed by atoms with Gasteiger partial charge in [-0.25, -0.2) is 4.98 Å². The highest BCUT2D eigenvalue weighted by Gasteiger charge is 2.07. The lowest BCUT2D eigenvalue weighted by atomic mass is 10.1. The first kappa shape index (κ1) is 14.6. The monoisotopic (exact) mass is 273 g/mol. The number of benzene rings is 1. The number of hydrogen-bond donors (Lipinski definition) is 1. The van der Waals surface area contributed by atoms with Crippen LogP contribution in [0.15, 0.2) is 24.4 Å². The molecule has 1 aromatic heterocycles. The summed E-state index contributed by atoms with van der Waals surface area (Å²) in [7, 11) is 1.72. The second kappa shape index (κ2) is 6.57. The Morgan fingerprint density at radius 2 is 2.00 bits per heavy atom. The third kappa shape index (κ3) is 3.39. The molecule has 0 radical (unpaired) electrons. The number of ether oxygens (including phenoxy) is 1. The number of nitrogens with one attached hydrogen (secondary N) is 1. The second-order valence-corrected chi connectivity index (χ2v) is 5.12. The standard InChI is InChI=1S/C16H23N3O/c1-12-6-7-15(10-13(12)2)19-11-14(3)18-16(19)17-8-5-9-20-4/h6-7,10-11H,5,8-9H2,1-4H3,(H,17,18). The van der Waals surface area contributed by atoms with Crippen molar-refractivity contribution in [2.45, 2.75) is 27.2 Å². The van der Waals surface area contributed by atoms with Crippen LogP contribution in [0.1, 0.15) is 23.2 Å². The zero-order chi connectivity index (χ0) is 14.5. The topological polar surface area (TPSA) is 39.1 Å². The van der Waals surface area contributed by atoms with Crippen molar-refractivity contribution in [3.8, 4) is 5.69 Å². The number of aromatic nitrogens is 2. The summed E-state index contributed by atoms with van der Waals surface area (Å²) in [4.78, 5) is 4.55. The number of imidazole rings is 1. The van der Waals surface area contributed by atoms with Crippen molar-refractivity contribution >= 4 is 5.95 Å². The van der Waals surface area contributed by atoms with E-state index >= 15 is 0 Å². The molecule has 0 aliphatic heterocycles. The molecule has 0 saturated carbocycles. The first-order valence-electron chi connectivity index (χ1n) is 6.98. The van der Waals surface area contributed by atoms with Crippen molar-refractivity contribution in [3.63, 3.8) is 0 Å². The van der Waals surface area contributed by atoms with Crippen LogP contribution < -0.4 is 5.32 Å². The highest BCUT2D eigenvalue weighted by atomic mass is 16.5. The summed E-state index contributed by atoms with van der Waals surface area (Å²) in [5, 5.41) is 3.37. The van der Waals surface area contributed by atoms with Crippen LogP contribution in [0.25, 0.3) is 5.69 Å². The molecule has 0 saturated heterocycles. The number of rotatable bonds is 6. The maximum absolute atomic E-state index is 5.06. The van der Waals surface area contributed by atoms with Crippen LogP contribution in [0.3, 0.4) is 0 Å². The fraction of sp³-hybridized carbons (Fsp3) is 0.438. The quantitative estimate of drug-likeness (QED) is 0.821. The average molecular weight is 273 g/mol. The molecule has 0 spiro atoms. The summed E-state index contributed by atoms with van der Waals surface area (Å²) in [6, 6.07) is 6.47. The van der Waals surface area contributed by atoms with E-state index < -0.39 is 0 Å². The van der Waals surface area contributed by atoms with Crippen LogP contribution in [0.5, 0.6) is 0 Å². The smallest absolute Gasteiger partial charge is 0.207 e. The van der Waals surface area contributed by atoms with Crippen molar-refractivity contribution < 1.29 is 4.74 Å². The molecule has 1 aromatic carbocycles. The van der Waals surface area contributed by atoms with Gasteiger partial charge < -0.3 is 10.1 Å². The van der Waals surface area contributed by atoms with Gasteiger partial charge in [-0.3, -0.25) is 4.57 Å². The molecule has 0 amide bonds. The Balaban J connectivity index is 2.20. The fourth-order valence-electron chi connectivity index (χ4n) is 2.11. The minimum absolute atomic E-state index is 0.760. The molecule has 0 aliphatic rings. The summed E-state index contributed by atoms with van der Waals surface area (Å²) in [5.74, 6) is 0.891. The lowest BCUT2D eigenvalue weighted by Crippen LogP contribution is -2.09. The van der Waals surface area contributed by atoms with Gasteiger partial charge in [-0.15, -0.1) is 0 Å². The van der Waals surface area contributed by atoms with Gasteiger partial charge in [-0.2, -0.15) is 0 Å². The van der Waals surface area contributed by atoms with Gasteiger partial charge in [-0.1, -0.05) is 6.07 Å². The molecule has 1 N–H and O–H groups in total. The summed E-state index contributed by atoms with van der Waals surface area (Å²) in [6.45, 7) is 7.89. The first-order chi connectivity index (χ1) is 9.61. The summed E-state index contributed by atoms with van der Waals surface area (Å²) in [5.41, 5.74) is 4.75. The second-order valence-electron chi connectivity index (χ2n) is 5.12. The van der Waals surface area contributed by atoms with Crippen LogP contribution in [-0.4, -0.2) is 29.8 Å². The van der Waals surface area contributed by atoms with E-state index in [0.717, 1.165) is 36.9 Å². The van der Waals surface area contributed by atoms with Gasteiger partial charge in [0.05, 0.1) is 5.69 Å². The maximum atomic E-state index is 5.06. The van der Waals surface area contributed by atoms with E-state index in [2.05, 4.69) is 53.1 Å². The molecule has 0 fully saturated rings. The van der Waals surface area contributed by atoms with Gasteiger partial charge in [0.25, 0.3) is 0 Å². The summed E-state index contributed by atoms with van der Waals surface area (Å²) >= 11 is 0. The van der Waals surface area contributed by atoms with Crippen molar-refractivity contribution in [2.24, 2.45) is 0 Å². The normalized spacial score (nSPS) is 10.8. The lowest BCUT2D eigenvalue weighted by molar-refractivity contribution is 0.197. The predicted molar refractivity (Wildman–Crippen MR) is 82.8 cm³/mol. The number of hydrogen-bond acceptors (Lipinski definition) is 3. The Morgan fingerprint density at radius 1 is 1.20 bits per heavy atom. The molecular weight excluding hydrogens is 250 g/mol. The number of nitrogens with zero attached hydrogens (tertiary/aromatic N) is 2. The molecule has 2 aromatic rings. The summed E-state index contributed by atoms with van der Waals surface area (Å²) in [6.07, 6.45) is 3.03. The Bertz CT molecular complexity index is 575. The fourth-order valence-corrected chi connectivity index (χ4v) is 2.11. The Kier molecular flexibility index (Phi) is 4.79. The predicted octanol–water partition coefficient (Wildman–Crippen LogP) is 3.25. The van der Waals surface area contributed by atoms with Crippen molar-refractivity contribution in [2.75, 3.05) is 25.6 Å². The molecule has 108 valence electrons. The van der Waals surface area contributed by atoms with E-state index in [1.807, 2.05) is 6.92 Å². The van der Waals surface area contributed by atoms with E-state index in [4.69, 9.17) is 4.74 Å². The molecular formula is C16H23N3O. The number of anilines is 1. The highest BCUT2D eigenvalue weighted by Crippen LogP contribution is 2.19. The van der Waals surface area contributed by atoms with Gasteiger partial charge in [-0.05, 0) is 50.5 Å². The number of methoxy groups -OCH3 is 1. The molecule has 1 heterocycles. The van der Waals surface area contributed by atoms with Gasteiger partial charge in [0.2, 0.25) is 5.95 Å². The molecule has 2 rings (SSSR count). The molecule has 0 atom stereocenters. The van der Waals surface area contributed by atoms with Crippen LogP contribution >= 0.6 is 0 Å². The Labute approximate surface area is 120 Å². The Morgan fingerprint density at radius 3 is 2.70 bits per heavy atom. The van der Waals surface area contributed by atoms with Crippen LogP contribution in [0.2, 0.25) is 0 Å². The van der Waals surface area contributed by atoms with Gasteiger partial charge in [0.1, 0.15) is 0 Å². The van der Waals surface area contributed by atoms with E-state index in [1.165, 1.54) is 11.1 Å². The van der Waals surface area contributed by atoms with E-state index in [9.17, 15) is 0 Å². The van der Waals surface area contributed by atoms with Crippen molar-refractivity contribution in [1.82, 2.24) is 9.55 Å². The summed E-state index contributed by atoms with van der Waals surface area (Å²) < 4.78 is 7.17. The Hall–Kier alpha value is -1.81. The van der Waals surface area contributed by atoms with E-state index in [0.29, 0.717) is 0 Å². The number of aryl methyl sites for hydroxylation is 3. The van der Waals surface area contributed by atoms with Crippen LogP contribution in [-0.2, 0) is 4.74 Å². The minimum atomic E-state index is 0.760. The average Bonchev–Trinajstić information content (AvgIpc) is 2.79. The largest absolute Gasteiger partial charge is 0.385 e. The molecule has 0 unspecified atom stereocenters. The van der Waals surface area contributed by atoms with Gasteiger partial charge in [0, 0.05) is 32.1 Å².